The van der Waals surface area contributed by atoms with Crippen LogP contribution in [-0.4, -0.2) is 32.4 Å². The molecule has 1 heterocycles. The minimum Gasteiger partial charge on any atom is -0.493 e. The third-order valence-corrected chi connectivity index (χ3v) is 4.80. The van der Waals surface area contributed by atoms with Crippen molar-refractivity contribution in [1.29, 1.82) is 0 Å². The summed E-state index contributed by atoms with van der Waals surface area (Å²) in [6.45, 7) is 2.02. The highest BCUT2D eigenvalue weighted by Gasteiger charge is 2.17. The maximum Gasteiger partial charge on any atom is 0.340 e. The van der Waals surface area contributed by atoms with Crippen LogP contribution in [0.15, 0.2) is 24.3 Å². The Labute approximate surface area is 156 Å². The molecule has 0 aliphatic carbocycles. The van der Waals surface area contributed by atoms with Crippen molar-refractivity contribution >= 4 is 45.3 Å². The van der Waals surface area contributed by atoms with E-state index < -0.39 is 5.97 Å². The number of aryl methyl sites for hydroxylation is 1. The fraction of sp³-hybridized carbons (Fsp3) is 0.294. The number of esters is 1. The number of rotatable bonds is 6. The van der Waals surface area contributed by atoms with Gasteiger partial charge in [0.1, 0.15) is 5.00 Å². The zero-order chi connectivity index (χ0) is 18.4. The molecule has 0 aliphatic heterocycles. The molecule has 1 aromatic carbocycles. The van der Waals surface area contributed by atoms with Crippen LogP contribution >= 0.6 is 23.6 Å². The molecule has 2 rings (SSSR count). The maximum absolute atomic E-state index is 11.9. The molecule has 0 bridgehead atoms. The van der Waals surface area contributed by atoms with Gasteiger partial charge in [0.05, 0.1) is 26.9 Å². The quantitative estimate of drug-likeness (QED) is 0.581. The number of carbonyl (C=O) groups is 1. The molecule has 25 heavy (non-hydrogen) atoms. The van der Waals surface area contributed by atoms with Gasteiger partial charge in [-0.05, 0) is 36.8 Å². The van der Waals surface area contributed by atoms with Crippen molar-refractivity contribution in [3.63, 3.8) is 0 Å². The molecule has 134 valence electrons. The van der Waals surface area contributed by atoms with Crippen LogP contribution in [0.3, 0.4) is 0 Å². The van der Waals surface area contributed by atoms with Gasteiger partial charge in [-0.15, -0.1) is 11.3 Å². The lowest BCUT2D eigenvalue weighted by atomic mass is 10.2. The maximum atomic E-state index is 11.9. The first-order valence-electron chi connectivity index (χ1n) is 7.53. The molecule has 0 unspecified atom stereocenters. The first kappa shape index (κ1) is 19.0. The molecule has 0 saturated carbocycles. The van der Waals surface area contributed by atoms with Gasteiger partial charge in [-0.3, -0.25) is 0 Å². The summed E-state index contributed by atoms with van der Waals surface area (Å²) in [6.07, 6.45) is 0.826. The molecule has 1 aromatic heterocycles. The summed E-state index contributed by atoms with van der Waals surface area (Å²) in [7, 11) is 4.50. The van der Waals surface area contributed by atoms with Crippen LogP contribution in [0.2, 0.25) is 0 Å². The summed E-state index contributed by atoms with van der Waals surface area (Å²) >= 11 is 6.82. The van der Waals surface area contributed by atoms with Crippen LogP contribution in [0.4, 0.5) is 10.7 Å². The van der Waals surface area contributed by atoms with E-state index in [1.165, 1.54) is 18.4 Å². The third-order valence-electron chi connectivity index (χ3n) is 3.41. The number of hydrogen-bond donors (Lipinski definition) is 2. The molecule has 0 saturated heterocycles. The SMILES string of the molecule is CCc1cc(C(=O)OC)c(NC(=S)Nc2ccc(OC)c(OC)c2)s1. The molecule has 0 aliphatic rings. The van der Waals surface area contributed by atoms with Gasteiger partial charge in [-0.2, -0.15) is 0 Å². The zero-order valence-corrected chi connectivity index (χ0v) is 16.1. The molecule has 2 aromatic rings. The number of anilines is 2. The number of carbonyl (C=O) groups excluding carboxylic acids is 1. The van der Waals surface area contributed by atoms with E-state index in [0.717, 1.165) is 17.0 Å². The normalized spacial score (nSPS) is 10.1. The van der Waals surface area contributed by atoms with E-state index in [0.29, 0.717) is 27.2 Å². The lowest BCUT2D eigenvalue weighted by Crippen LogP contribution is -2.20. The summed E-state index contributed by atoms with van der Waals surface area (Å²) in [6, 6.07) is 7.20. The topological polar surface area (TPSA) is 68.8 Å². The van der Waals surface area contributed by atoms with Gasteiger partial charge in [0.2, 0.25) is 0 Å². The van der Waals surface area contributed by atoms with E-state index in [9.17, 15) is 4.79 Å². The molecule has 0 fully saturated rings. The van der Waals surface area contributed by atoms with Gasteiger partial charge in [-0.1, -0.05) is 6.92 Å². The number of hydrogen-bond acceptors (Lipinski definition) is 6. The van der Waals surface area contributed by atoms with Crippen molar-refractivity contribution in [3.8, 4) is 11.5 Å². The van der Waals surface area contributed by atoms with E-state index >= 15 is 0 Å². The number of nitrogens with one attached hydrogen (secondary N) is 2. The molecular weight excluding hydrogens is 360 g/mol. The number of thiophene rings is 1. The van der Waals surface area contributed by atoms with Crippen LogP contribution in [-0.2, 0) is 11.2 Å². The van der Waals surface area contributed by atoms with Crippen LogP contribution in [0.5, 0.6) is 11.5 Å². The van der Waals surface area contributed by atoms with Crippen molar-refractivity contribution < 1.29 is 19.0 Å². The largest absolute Gasteiger partial charge is 0.493 e. The standard InChI is InChI=1S/C17H20N2O4S2/c1-5-11-9-12(16(20)23-4)15(25-11)19-17(24)18-10-6-7-13(21-2)14(8-10)22-3/h6-9H,5H2,1-4H3,(H2,18,19,24). The fourth-order valence-corrected chi connectivity index (χ4v) is 3.42. The first-order valence-corrected chi connectivity index (χ1v) is 8.75. The molecule has 0 atom stereocenters. The lowest BCUT2D eigenvalue weighted by molar-refractivity contribution is 0.0602. The van der Waals surface area contributed by atoms with Gasteiger partial charge in [0.25, 0.3) is 0 Å². The molecule has 2 N–H and O–H groups in total. The Hall–Kier alpha value is -2.32. The monoisotopic (exact) mass is 380 g/mol. The van der Waals surface area contributed by atoms with Crippen molar-refractivity contribution in [2.24, 2.45) is 0 Å². The summed E-state index contributed by atoms with van der Waals surface area (Å²) in [5.41, 5.74) is 1.21. The summed E-state index contributed by atoms with van der Waals surface area (Å²) < 4.78 is 15.3. The van der Waals surface area contributed by atoms with Crippen molar-refractivity contribution in [3.05, 3.63) is 34.7 Å². The number of ether oxygens (including phenoxy) is 3. The van der Waals surface area contributed by atoms with Gasteiger partial charge >= 0.3 is 5.97 Å². The van der Waals surface area contributed by atoms with Gasteiger partial charge in [-0.25, -0.2) is 4.79 Å². The summed E-state index contributed by atoms with van der Waals surface area (Å²) in [4.78, 5) is 13.0. The first-order chi connectivity index (χ1) is 12.0. The molecule has 6 nitrogen and oxygen atoms in total. The third kappa shape index (κ3) is 4.61. The Morgan fingerprint density at radius 1 is 1.12 bits per heavy atom. The van der Waals surface area contributed by atoms with E-state index in [-0.39, 0.29) is 0 Å². The highest BCUT2D eigenvalue weighted by atomic mass is 32.1. The Kier molecular flexibility index (Phi) is 6.60. The minimum absolute atomic E-state index is 0.363. The number of thiocarbonyl (C=S) groups is 1. The Morgan fingerprint density at radius 2 is 1.84 bits per heavy atom. The molecule has 8 heteroatoms. The van der Waals surface area contributed by atoms with Crippen molar-refractivity contribution in [1.82, 2.24) is 0 Å². The van der Waals surface area contributed by atoms with Gasteiger partial charge in [0, 0.05) is 16.6 Å². The van der Waals surface area contributed by atoms with E-state index in [2.05, 4.69) is 10.6 Å². The Balaban J connectivity index is 2.15. The highest BCUT2D eigenvalue weighted by Crippen LogP contribution is 2.31. The highest BCUT2D eigenvalue weighted by molar-refractivity contribution is 7.80. The van der Waals surface area contributed by atoms with Crippen molar-refractivity contribution in [2.75, 3.05) is 32.0 Å². The average Bonchev–Trinajstić information content (AvgIpc) is 3.03. The van der Waals surface area contributed by atoms with Crippen molar-refractivity contribution in [2.45, 2.75) is 13.3 Å². The van der Waals surface area contributed by atoms with Gasteiger partial charge < -0.3 is 24.8 Å². The minimum atomic E-state index is -0.396. The van der Waals surface area contributed by atoms with Crippen LogP contribution in [0.1, 0.15) is 22.2 Å². The summed E-state index contributed by atoms with van der Waals surface area (Å²) in [5, 5.41) is 7.15. The number of methoxy groups -OCH3 is 3. The number of benzene rings is 1. The smallest absolute Gasteiger partial charge is 0.340 e. The lowest BCUT2D eigenvalue weighted by Gasteiger charge is -2.13. The average molecular weight is 380 g/mol. The second-order valence-electron chi connectivity index (χ2n) is 4.95. The zero-order valence-electron chi connectivity index (χ0n) is 14.5. The molecule has 0 radical (unpaired) electrons. The van der Waals surface area contributed by atoms with Crippen LogP contribution in [0, 0.1) is 0 Å². The Morgan fingerprint density at radius 3 is 2.44 bits per heavy atom. The summed E-state index contributed by atoms with van der Waals surface area (Å²) in [5.74, 6) is 0.827. The molecule has 0 spiro atoms. The van der Waals surface area contributed by atoms with E-state index in [1.54, 1.807) is 26.4 Å². The second kappa shape index (κ2) is 8.68. The van der Waals surface area contributed by atoms with Gasteiger partial charge in [0.15, 0.2) is 16.6 Å². The fourth-order valence-electron chi connectivity index (χ4n) is 2.15. The predicted molar refractivity (Wildman–Crippen MR) is 104 cm³/mol. The molecular formula is C17H20N2O4S2. The predicted octanol–water partition coefficient (Wildman–Crippen LogP) is 3.92. The van der Waals surface area contributed by atoms with Crippen LogP contribution in [0.25, 0.3) is 0 Å². The second-order valence-corrected chi connectivity index (χ2v) is 6.49. The Bertz CT molecular complexity index is 774. The van der Waals surface area contributed by atoms with E-state index in [1.807, 2.05) is 19.1 Å². The molecule has 0 amide bonds. The van der Waals surface area contributed by atoms with Crippen LogP contribution < -0.4 is 20.1 Å². The van der Waals surface area contributed by atoms with E-state index in [4.69, 9.17) is 26.4 Å².